The standard InChI is InChI=1S/C15H19NO3S2/c1-11-4-5-15(12(2)8-11)21(17,18)16-9-14(19-3)13-6-7-20-10-13/h4-8,10,14,16H,9H2,1-3H3. The minimum Gasteiger partial charge on any atom is -0.375 e. The highest BCUT2D eigenvalue weighted by atomic mass is 32.2. The molecule has 1 atom stereocenters. The van der Waals surface area contributed by atoms with Crippen LogP contribution in [0, 0.1) is 13.8 Å². The Morgan fingerprint density at radius 3 is 2.62 bits per heavy atom. The Kier molecular flexibility index (Phi) is 5.16. The van der Waals surface area contributed by atoms with Crippen molar-refractivity contribution in [2.75, 3.05) is 13.7 Å². The molecule has 6 heteroatoms. The van der Waals surface area contributed by atoms with Crippen LogP contribution in [0.3, 0.4) is 0 Å². The van der Waals surface area contributed by atoms with Crippen LogP contribution in [0.1, 0.15) is 22.8 Å². The number of nitrogens with one attached hydrogen (secondary N) is 1. The summed E-state index contributed by atoms with van der Waals surface area (Å²) in [7, 11) is -1.95. The number of hydrogen-bond acceptors (Lipinski definition) is 4. The summed E-state index contributed by atoms with van der Waals surface area (Å²) in [5.74, 6) is 0. The Morgan fingerprint density at radius 2 is 2.05 bits per heavy atom. The van der Waals surface area contributed by atoms with Gasteiger partial charge in [0, 0.05) is 13.7 Å². The van der Waals surface area contributed by atoms with Crippen LogP contribution >= 0.6 is 11.3 Å². The van der Waals surface area contributed by atoms with Crippen LogP contribution in [0.2, 0.25) is 0 Å². The molecule has 0 saturated heterocycles. The summed E-state index contributed by atoms with van der Waals surface area (Å²) < 4.78 is 32.8. The molecule has 1 unspecified atom stereocenters. The van der Waals surface area contributed by atoms with Crippen molar-refractivity contribution in [2.24, 2.45) is 0 Å². The van der Waals surface area contributed by atoms with E-state index in [-0.39, 0.29) is 12.6 Å². The molecule has 1 aromatic carbocycles. The van der Waals surface area contributed by atoms with Crippen LogP contribution < -0.4 is 4.72 Å². The third-order valence-corrected chi connectivity index (χ3v) is 5.56. The minimum absolute atomic E-state index is 0.211. The molecular formula is C15H19NO3S2. The fourth-order valence-electron chi connectivity index (χ4n) is 2.16. The lowest BCUT2D eigenvalue weighted by atomic mass is 10.2. The smallest absolute Gasteiger partial charge is 0.240 e. The lowest BCUT2D eigenvalue weighted by Crippen LogP contribution is -2.29. The van der Waals surface area contributed by atoms with Crippen molar-refractivity contribution in [3.05, 3.63) is 51.7 Å². The lowest BCUT2D eigenvalue weighted by molar-refractivity contribution is 0.107. The first-order valence-electron chi connectivity index (χ1n) is 6.56. The van der Waals surface area contributed by atoms with E-state index in [2.05, 4.69) is 4.72 Å². The molecule has 2 rings (SSSR count). The van der Waals surface area contributed by atoms with E-state index in [1.807, 2.05) is 29.8 Å². The van der Waals surface area contributed by atoms with Gasteiger partial charge in [-0.05, 0) is 47.9 Å². The second-order valence-electron chi connectivity index (χ2n) is 4.90. The quantitative estimate of drug-likeness (QED) is 0.888. The molecule has 0 radical (unpaired) electrons. The van der Waals surface area contributed by atoms with Crippen molar-refractivity contribution < 1.29 is 13.2 Å². The molecule has 4 nitrogen and oxygen atoms in total. The van der Waals surface area contributed by atoms with Gasteiger partial charge in [0.05, 0.1) is 11.0 Å². The molecule has 0 aliphatic rings. The van der Waals surface area contributed by atoms with Gasteiger partial charge in [-0.1, -0.05) is 17.7 Å². The van der Waals surface area contributed by atoms with Gasteiger partial charge >= 0.3 is 0 Å². The summed E-state index contributed by atoms with van der Waals surface area (Å²) in [6.07, 6.45) is -0.281. The fraction of sp³-hybridized carbons (Fsp3) is 0.333. The number of rotatable bonds is 6. The van der Waals surface area contributed by atoms with Crippen molar-refractivity contribution in [3.63, 3.8) is 0 Å². The van der Waals surface area contributed by atoms with E-state index in [9.17, 15) is 8.42 Å². The summed E-state index contributed by atoms with van der Waals surface area (Å²) in [6, 6.07) is 7.24. The molecule has 21 heavy (non-hydrogen) atoms. The van der Waals surface area contributed by atoms with Gasteiger partial charge in [-0.2, -0.15) is 11.3 Å². The Morgan fingerprint density at radius 1 is 1.29 bits per heavy atom. The lowest BCUT2D eigenvalue weighted by Gasteiger charge is -2.16. The molecule has 1 heterocycles. The molecule has 0 aliphatic heterocycles. The van der Waals surface area contributed by atoms with Crippen molar-refractivity contribution in [3.8, 4) is 0 Å². The highest BCUT2D eigenvalue weighted by Gasteiger charge is 2.19. The van der Waals surface area contributed by atoms with Gasteiger partial charge in [0.15, 0.2) is 0 Å². The summed E-state index contributed by atoms with van der Waals surface area (Å²) >= 11 is 1.56. The summed E-state index contributed by atoms with van der Waals surface area (Å²) in [5.41, 5.74) is 2.76. The zero-order valence-corrected chi connectivity index (χ0v) is 13.9. The van der Waals surface area contributed by atoms with Crippen LogP contribution in [0.5, 0.6) is 0 Å². The van der Waals surface area contributed by atoms with E-state index >= 15 is 0 Å². The average Bonchev–Trinajstić information content (AvgIpc) is 2.93. The van der Waals surface area contributed by atoms with Crippen LogP contribution in [0.25, 0.3) is 0 Å². The van der Waals surface area contributed by atoms with E-state index in [1.165, 1.54) is 0 Å². The maximum absolute atomic E-state index is 12.4. The number of thiophene rings is 1. The van der Waals surface area contributed by atoms with Crippen LogP contribution in [-0.2, 0) is 14.8 Å². The van der Waals surface area contributed by atoms with E-state index in [0.29, 0.717) is 4.90 Å². The molecule has 0 fully saturated rings. The molecule has 0 amide bonds. The molecule has 0 aliphatic carbocycles. The molecular weight excluding hydrogens is 306 g/mol. The van der Waals surface area contributed by atoms with Gasteiger partial charge in [0.2, 0.25) is 10.0 Å². The van der Waals surface area contributed by atoms with E-state index in [0.717, 1.165) is 16.7 Å². The molecule has 0 saturated carbocycles. The number of methoxy groups -OCH3 is 1. The van der Waals surface area contributed by atoms with E-state index in [1.54, 1.807) is 37.5 Å². The summed E-state index contributed by atoms with van der Waals surface area (Å²) in [5, 5.41) is 3.90. The molecule has 1 aromatic heterocycles. The van der Waals surface area contributed by atoms with Crippen LogP contribution in [0.4, 0.5) is 0 Å². The van der Waals surface area contributed by atoms with Crippen molar-refractivity contribution >= 4 is 21.4 Å². The number of benzene rings is 1. The predicted molar refractivity (Wildman–Crippen MR) is 85.2 cm³/mol. The number of sulfonamides is 1. The van der Waals surface area contributed by atoms with Crippen LogP contribution in [0.15, 0.2) is 39.9 Å². The number of hydrogen-bond donors (Lipinski definition) is 1. The first-order chi connectivity index (χ1) is 9.94. The van der Waals surface area contributed by atoms with Gasteiger partial charge < -0.3 is 4.74 Å². The Balaban J connectivity index is 2.14. The third-order valence-electron chi connectivity index (χ3n) is 3.28. The zero-order chi connectivity index (χ0) is 15.5. The second-order valence-corrected chi connectivity index (χ2v) is 7.42. The van der Waals surface area contributed by atoms with Crippen LogP contribution in [-0.4, -0.2) is 22.1 Å². The molecule has 2 aromatic rings. The highest BCUT2D eigenvalue weighted by molar-refractivity contribution is 7.89. The monoisotopic (exact) mass is 325 g/mol. The largest absolute Gasteiger partial charge is 0.375 e. The third kappa shape index (κ3) is 3.91. The molecule has 0 spiro atoms. The minimum atomic E-state index is -3.53. The number of ether oxygens (including phenoxy) is 1. The van der Waals surface area contributed by atoms with Gasteiger partial charge in [0.25, 0.3) is 0 Å². The maximum Gasteiger partial charge on any atom is 0.240 e. The topological polar surface area (TPSA) is 55.4 Å². The average molecular weight is 325 g/mol. The van der Waals surface area contributed by atoms with E-state index < -0.39 is 10.0 Å². The molecule has 0 bridgehead atoms. The zero-order valence-electron chi connectivity index (χ0n) is 12.3. The Hall–Kier alpha value is -1.21. The number of aryl methyl sites for hydroxylation is 2. The van der Waals surface area contributed by atoms with Gasteiger partial charge in [-0.3, -0.25) is 0 Å². The van der Waals surface area contributed by atoms with Gasteiger partial charge in [0.1, 0.15) is 0 Å². The summed E-state index contributed by atoms with van der Waals surface area (Å²) in [6.45, 7) is 3.95. The maximum atomic E-state index is 12.4. The Bertz CT molecular complexity index is 694. The summed E-state index contributed by atoms with van der Waals surface area (Å²) in [4.78, 5) is 0.313. The SMILES string of the molecule is COC(CNS(=O)(=O)c1ccc(C)cc1C)c1ccsc1. The van der Waals surface area contributed by atoms with Gasteiger partial charge in [-0.25, -0.2) is 13.1 Å². The van der Waals surface area contributed by atoms with Gasteiger partial charge in [-0.15, -0.1) is 0 Å². The predicted octanol–water partition coefficient (Wildman–Crippen LogP) is 3.03. The first-order valence-corrected chi connectivity index (χ1v) is 8.98. The second kappa shape index (κ2) is 6.70. The van der Waals surface area contributed by atoms with Crippen molar-refractivity contribution in [1.29, 1.82) is 0 Å². The normalized spacial score (nSPS) is 13.3. The first kappa shape index (κ1) is 16.2. The molecule has 1 N–H and O–H groups in total. The van der Waals surface area contributed by atoms with Crippen molar-refractivity contribution in [2.45, 2.75) is 24.8 Å². The Labute approximate surface area is 129 Å². The fourth-order valence-corrected chi connectivity index (χ4v) is 4.12. The van der Waals surface area contributed by atoms with Crippen molar-refractivity contribution in [1.82, 2.24) is 4.72 Å². The highest BCUT2D eigenvalue weighted by Crippen LogP contribution is 2.21. The van der Waals surface area contributed by atoms with E-state index in [4.69, 9.17) is 4.74 Å². The molecule has 114 valence electrons.